The molecule has 2 heterocycles. The molecule has 7 nitrogen and oxygen atoms in total. The smallest absolute Gasteiger partial charge is 0.235 e. The summed E-state index contributed by atoms with van der Waals surface area (Å²) in [7, 11) is 1.73. The van der Waals surface area contributed by atoms with Crippen molar-refractivity contribution < 1.29 is 4.79 Å². The van der Waals surface area contributed by atoms with Gasteiger partial charge < -0.3 is 5.32 Å². The maximum Gasteiger partial charge on any atom is 0.235 e. The minimum Gasteiger partial charge on any atom is -0.316 e. The van der Waals surface area contributed by atoms with Crippen LogP contribution < -0.4 is 5.32 Å². The monoisotopic (exact) mass is 404 g/mol. The summed E-state index contributed by atoms with van der Waals surface area (Å²) < 4.78 is 1.53. The molecule has 0 bridgehead atoms. The van der Waals surface area contributed by atoms with Crippen molar-refractivity contribution in [3.63, 3.8) is 0 Å². The zero-order valence-corrected chi connectivity index (χ0v) is 17.7. The first-order chi connectivity index (χ1) is 12.9. The van der Waals surface area contributed by atoms with Crippen LogP contribution >= 0.6 is 23.1 Å². The Morgan fingerprint density at radius 1 is 1.52 bits per heavy atom. The zero-order valence-electron chi connectivity index (χ0n) is 16.1. The van der Waals surface area contributed by atoms with E-state index >= 15 is 0 Å². The Hall–Kier alpha value is -1.92. The highest BCUT2D eigenvalue weighted by Crippen LogP contribution is 2.45. The summed E-state index contributed by atoms with van der Waals surface area (Å²) in [6, 6.07) is 2.31. The lowest BCUT2D eigenvalue weighted by atomic mass is 9.69. The van der Waals surface area contributed by atoms with E-state index in [-0.39, 0.29) is 11.7 Å². The number of tetrazole rings is 1. The summed E-state index contributed by atoms with van der Waals surface area (Å²) in [5.41, 5.74) is 2.06. The fraction of sp³-hybridized carbons (Fsp3) is 0.611. The number of nitriles is 1. The maximum atomic E-state index is 12.4. The molecular weight excluding hydrogens is 380 g/mol. The van der Waals surface area contributed by atoms with Crippen molar-refractivity contribution in [2.24, 2.45) is 18.4 Å². The van der Waals surface area contributed by atoms with Gasteiger partial charge in [0.1, 0.15) is 11.1 Å². The van der Waals surface area contributed by atoms with Gasteiger partial charge in [0.25, 0.3) is 0 Å². The molecule has 1 unspecified atom stereocenters. The lowest BCUT2D eigenvalue weighted by Crippen LogP contribution is -2.28. The van der Waals surface area contributed by atoms with Crippen LogP contribution in [0.15, 0.2) is 5.16 Å². The second-order valence-electron chi connectivity index (χ2n) is 7.52. The molecule has 1 N–H and O–H groups in total. The van der Waals surface area contributed by atoms with Crippen molar-refractivity contribution >= 4 is 34.0 Å². The van der Waals surface area contributed by atoms with Crippen LogP contribution in [-0.2, 0) is 24.7 Å². The molecule has 9 heteroatoms. The molecule has 0 saturated heterocycles. The lowest BCUT2D eigenvalue weighted by Gasteiger charge is -2.36. The normalized spacial score (nSPS) is 16.6. The third-order valence-electron chi connectivity index (χ3n) is 5.56. The van der Waals surface area contributed by atoms with Crippen molar-refractivity contribution in [2.75, 3.05) is 11.1 Å². The predicted octanol–water partition coefficient (Wildman–Crippen LogP) is 3.42. The number of nitrogens with one attached hydrogen (secondary N) is 1. The predicted molar refractivity (Wildman–Crippen MR) is 107 cm³/mol. The van der Waals surface area contributed by atoms with E-state index in [2.05, 4.69) is 47.7 Å². The largest absolute Gasteiger partial charge is 0.316 e. The van der Waals surface area contributed by atoms with Gasteiger partial charge >= 0.3 is 0 Å². The van der Waals surface area contributed by atoms with E-state index in [4.69, 9.17) is 0 Å². The summed E-state index contributed by atoms with van der Waals surface area (Å²) in [5, 5.41) is 25.0. The summed E-state index contributed by atoms with van der Waals surface area (Å²) >= 11 is 2.84. The van der Waals surface area contributed by atoms with Crippen LogP contribution in [0.2, 0.25) is 0 Å². The molecule has 0 spiro atoms. The maximum absolute atomic E-state index is 12.4. The van der Waals surface area contributed by atoms with Crippen LogP contribution in [0.25, 0.3) is 0 Å². The first-order valence-corrected chi connectivity index (χ1v) is 10.9. The molecule has 0 aromatic carbocycles. The van der Waals surface area contributed by atoms with Gasteiger partial charge in [-0.3, -0.25) is 4.79 Å². The molecule has 1 aliphatic carbocycles. The number of hydrogen-bond donors (Lipinski definition) is 1. The summed E-state index contributed by atoms with van der Waals surface area (Å²) in [6.45, 7) is 6.88. The zero-order chi connectivity index (χ0) is 19.6. The highest BCUT2D eigenvalue weighted by Gasteiger charge is 2.34. The standard InChI is InChI=1S/C18H24N6OS2/c1-5-18(2,3)11-6-7-12-13(9-19)16(27-14(12)8-11)20-15(25)10-26-17-21-22-23-24(17)4/h11H,5-8,10H2,1-4H3,(H,20,25). The minimum atomic E-state index is -0.150. The Balaban J connectivity index is 1.71. The summed E-state index contributed by atoms with van der Waals surface area (Å²) in [5.74, 6) is 0.666. The van der Waals surface area contributed by atoms with Gasteiger partial charge in [-0.25, -0.2) is 4.68 Å². The number of aromatic nitrogens is 4. The Labute approximate surface area is 167 Å². The molecule has 144 valence electrons. The van der Waals surface area contributed by atoms with Crippen molar-refractivity contribution in [1.82, 2.24) is 20.2 Å². The first-order valence-electron chi connectivity index (χ1n) is 9.05. The molecule has 0 radical (unpaired) electrons. The van der Waals surface area contributed by atoms with Crippen LogP contribution in [0.5, 0.6) is 0 Å². The van der Waals surface area contributed by atoms with Gasteiger partial charge in [0.05, 0.1) is 11.3 Å². The topological polar surface area (TPSA) is 96.5 Å². The Bertz CT molecular complexity index is 879. The average molecular weight is 405 g/mol. The SMILES string of the molecule is CCC(C)(C)C1CCc2c(sc(NC(=O)CSc3nnnn3C)c2C#N)C1. The quantitative estimate of drug-likeness (QED) is 0.741. The van der Waals surface area contributed by atoms with Crippen LogP contribution in [0.3, 0.4) is 0 Å². The second kappa shape index (κ2) is 7.98. The number of nitrogens with zero attached hydrogens (tertiary/aromatic N) is 5. The van der Waals surface area contributed by atoms with E-state index in [1.54, 1.807) is 18.4 Å². The highest BCUT2D eigenvalue weighted by molar-refractivity contribution is 7.99. The van der Waals surface area contributed by atoms with Crippen molar-refractivity contribution in [1.29, 1.82) is 5.26 Å². The van der Waals surface area contributed by atoms with Gasteiger partial charge in [-0.1, -0.05) is 39.0 Å². The number of carbonyl (C=O) groups excluding carboxylic acids is 1. The number of aryl methyl sites for hydroxylation is 1. The number of rotatable bonds is 6. The van der Waals surface area contributed by atoms with Gasteiger partial charge in [0, 0.05) is 11.9 Å². The van der Waals surface area contributed by atoms with Gasteiger partial charge in [-0.05, 0) is 46.6 Å². The lowest BCUT2D eigenvalue weighted by molar-refractivity contribution is -0.113. The molecule has 1 aliphatic rings. The van der Waals surface area contributed by atoms with Crippen molar-refractivity contribution in [3.8, 4) is 6.07 Å². The molecule has 0 fully saturated rings. The number of hydrogen-bond acceptors (Lipinski definition) is 7. The van der Waals surface area contributed by atoms with Crippen LogP contribution in [-0.4, -0.2) is 31.9 Å². The van der Waals surface area contributed by atoms with E-state index < -0.39 is 0 Å². The van der Waals surface area contributed by atoms with Crippen LogP contribution in [0, 0.1) is 22.7 Å². The molecule has 1 amide bonds. The number of amides is 1. The van der Waals surface area contributed by atoms with E-state index in [0.29, 0.717) is 27.1 Å². The number of thiophene rings is 1. The van der Waals surface area contributed by atoms with Crippen LogP contribution in [0.1, 0.15) is 49.6 Å². The van der Waals surface area contributed by atoms with Crippen molar-refractivity contribution in [2.45, 2.75) is 51.6 Å². The molecule has 2 aromatic rings. The van der Waals surface area contributed by atoms with Crippen LogP contribution in [0.4, 0.5) is 5.00 Å². The fourth-order valence-electron chi connectivity index (χ4n) is 3.38. The Kier molecular flexibility index (Phi) is 5.86. The average Bonchev–Trinajstić information content (AvgIpc) is 3.21. The van der Waals surface area contributed by atoms with E-state index in [0.717, 1.165) is 31.2 Å². The third-order valence-corrected chi connectivity index (χ3v) is 7.74. The molecule has 27 heavy (non-hydrogen) atoms. The Morgan fingerprint density at radius 3 is 2.93 bits per heavy atom. The van der Waals surface area contributed by atoms with Gasteiger partial charge in [-0.2, -0.15) is 5.26 Å². The molecule has 3 rings (SSSR count). The van der Waals surface area contributed by atoms with Gasteiger partial charge in [0.15, 0.2) is 0 Å². The van der Waals surface area contributed by atoms with E-state index in [1.807, 2.05) is 0 Å². The number of anilines is 1. The third kappa shape index (κ3) is 4.17. The fourth-order valence-corrected chi connectivity index (χ4v) is 5.33. The van der Waals surface area contributed by atoms with E-state index in [1.165, 1.54) is 21.3 Å². The molecule has 2 aromatic heterocycles. The molecule has 0 saturated carbocycles. The minimum absolute atomic E-state index is 0.150. The van der Waals surface area contributed by atoms with E-state index in [9.17, 15) is 10.1 Å². The number of thioether (sulfide) groups is 1. The van der Waals surface area contributed by atoms with Crippen molar-refractivity contribution in [3.05, 3.63) is 16.0 Å². The van der Waals surface area contributed by atoms with Gasteiger partial charge in [-0.15, -0.1) is 16.4 Å². The highest BCUT2D eigenvalue weighted by atomic mass is 32.2. The molecule has 1 atom stereocenters. The first kappa shape index (κ1) is 19.8. The molecule has 0 aliphatic heterocycles. The molecular formula is C18H24N6OS2. The van der Waals surface area contributed by atoms with Gasteiger partial charge in [0.2, 0.25) is 11.1 Å². The Morgan fingerprint density at radius 2 is 2.30 bits per heavy atom. The summed E-state index contributed by atoms with van der Waals surface area (Å²) in [6.07, 6.45) is 4.14. The summed E-state index contributed by atoms with van der Waals surface area (Å²) in [4.78, 5) is 13.6. The number of carbonyl (C=O) groups is 1. The number of fused-ring (bicyclic) bond motifs is 1. The second-order valence-corrected chi connectivity index (χ2v) is 9.57.